The molecule has 19 heavy (non-hydrogen) atoms. The topological polar surface area (TPSA) is 93.6 Å². The lowest BCUT2D eigenvalue weighted by Gasteiger charge is -2.21. The average Bonchev–Trinajstić information content (AvgIpc) is 2.39. The molecule has 7 heteroatoms. The Kier molecular flexibility index (Phi) is 4.16. The first-order valence-electron chi connectivity index (χ1n) is 5.97. The van der Waals surface area contributed by atoms with Gasteiger partial charge >= 0.3 is 5.97 Å². The van der Waals surface area contributed by atoms with Crippen LogP contribution in [-0.4, -0.2) is 42.9 Å². The number of hydrogen-bond donors (Lipinski definition) is 1. The Hall–Kier alpha value is -1.47. The molecule has 1 aliphatic rings. The van der Waals surface area contributed by atoms with Gasteiger partial charge in [0.1, 0.15) is 5.69 Å². The molecule has 6 nitrogen and oxygen atoms in total. The van der Waals surface area contributed by atoms with Crippen molar-refractivity contribution in [3.63, 3.8) is 0 Å². The van der Waals surface area contributed by atoms with Crippen LogP contribution in [0.5, 0.6) is 0 Å². The Labute approximate surface area is 111 Å². The number of carboxylic acid groups (broad SMARTS) is 1. The minimum absolute atomic E-state index is 0.139. The highest BCUT2D eigenvalue weighted by atomic mass is 32.2. The molecule has 0 aromatic carbocycles. The van der Waals surface area contributed by atoms with Gasteiger partial charge in [0.25, 0.3) is 0 Å². The zero-order chi connectivity index (χ0) is 13.9. The molecule has 1 saturated heterocycles. The van der Waals surface area contributed by atoms with Gasteiger partial charge in [-0.3, -0.25) is 0 Å². The molecule has 1 aromatic heterocycles. The molecule has 1 aromatic rings. The summed E-state index contributed by atoms with van der Waals surface area (Å²) in [6, 6.07) is 4.38. The Morgan fingerprint density at radius 2 is 2.05 bits per heavy atom. The second kappa shape index (κ2) is 5.66. The molecule has 0 spiro atoms. The molecule has 0 radical (unpaired) electrons. The molecular formula is C12H15NO5S. The van der Waals surface area contributed by atoms with Crippen molar-refractivity contribution in [3.8, 4) is 0 Å². The molecule has 2 rings (SSSR count). The van der Waals surface area contributed by atoms with Crippen LogP contribution >= 0.6 is 0 Å². The highest BCUT2D eigenvalue weighted by molar-refractivity contribution is 7.91. The van der Waals surface area contributed by atoms with Gasteiger partial charge in [0.05, 0.1) is 16.7 Å². The Bertz CT molecular complexity index is 563. The molecule has 1 aliphatic heterocycles. The van der Waals surface area contributed by atoms with Gasteiger partial charge in [-0.2, -0.15) is 0 Å². The van der Waals surface area contributed by atoms with Crippen molar-refractivity contribution in [2.45, 2.75) is 23.8 Å². The van der Waals surface area contributed by atoms with E-state index in [9.17, 15) is 13.2 Å². The summed E-state index contributed by atoms with van der Waals surface area (Å²) < 4.78 is 29.5. The van der Waals surface area contributed by atoms with Crippen molar-refractivity contribution < 1.29 is 23.1 Å². The van der Waals surface area contributed by atoms with E-state index in [1.807, 2.05) is 0 Å². The van der Waals surface area contributed by atoms with Gasteiger partial charge in [-0.25, -0.2) is 18.2 Å². The van der Waals surface area contributed by atoms with E-state index in [2.05, 4.69) is 4.98 Å². The molecule has 0 aliphatic carbocycles. The van der Waals surface area contributed by atoms with Gasteiger partial charge in [-0.1, -0.05) is 6.07 Å². The van der Waals surface area contributed by atoms with Crippen LogP contribution in [0.15, 0.2) is 18.2 Å². The third kappa shape index (κ3) is 3.51. The van der Waals surface area contributed by atoms with E-state index in [4.69, 9.17) is 9.84 Å². The standard InChI is InChI=1S/C12H15NO5S/c14-12(15)11-3-1-2-9(13-11)8-19(16,17)10-4-6-18-7-5-10/h1-3,10H,4-8H2,(H,14,15). The van der Waals surface area contributed by atoms with Crippen molar-refractivity contribution >= 4 is 15.8 Å². The molecule has 0 unspecified atom stereocenters. The van der Waals surface area contributed by atoms with E-state index in [0.717, 1.165) is 0 Å². The summed E-state index contributed by atoms with van der Waals surface area (Å²) in [6.07, 6.45) is 0.974. The van der Waals surface area contributed by atoms with E-state index >= 15 is 0 Å². The third-order valence-corrected chi connectivity index (χ3v) is 5.24. The van der Waals surface area contributed by atoms with Gasteiger partial charge in [-0.05, 0) is 25.0 Å². The van der Waals surface area contributed by atoms with Crippen molar-refractivity contribution in [2.75, 3.05) is 13.2 Å². The van der Waals surface area contributed by atoms with Gasteiger partial charge in [0, 0.05) is 13.2 Å². The van der Waals surface area contributed by atoms with Crippen LogP contribution < -0.4 is 0 Å². The number of rotatable bonds is 4. The quantitative estimate of drug-likeness (QED) is 0.882. The van der Waals surface area contributed by atoms with Crippen LogP contribution in [0.25, 0.3) is 0 Å². The monoisotopic (exact) mass is 285 g/mol. The molecule has 0 atom stereocenters. The summed E-state index contributed by atoms with van der Waals surface area (Å²) in [6.45, 7) is 0.902. The maximum absolute atomic E-state index is 12.2. The van der Waals surface area contributed by atoms with E-state index in [-0.39, 0.29) is 17.1 Å². The maximum atomic E-state index is 12.2. The number of sulfone groups is 1. The lowest BCUT2D eigenvalue weighted by molar-refractivity contribution is 0.0690. The average molecular weight is 285 g/mol. The second-order valence-electron chi connectivity index (χ2n) is 4.44. The van der Waals surface area contributed by atoms with Crippen molar-refractivity contribution in [3.05, 3.63) is 29.6 Å². The van der Waals surface area contributed by atoms with E-state index in [1.54, 1.807) is 0 Å². The first kappa shape index (κ1) is 14.0. The number of hydrogen-bond acceptors (Lipinski definition) is 5. The van der Waals surface area contributed by atoms with Gasteiger partial charge in [0.2, 0.25) is 0 Å². The normalized spacial score (nSPS) is 17.3. The minimum atomic E-state index is -3.31. The Morgan fingerprint density at radius 1 is 1.37 bits per heavy atom. The van der Waals surface area contributed by atoms with Crippen LogP contribution in [0.2, 0.25) is 0 Å². The molecular weight excluding hydrogens is 270 g/mol. The second-order valence-corrected chi connectivity index (χ2v) is 6.72. The summed E-state index contributed by atoms with van der Waals surface area (Å²) in [5, 5.41) is 8.41. The lowest BCUT2D eigenvalue weighted by atomic mass is 10.2. The summed E-state index contributed by atoms with van der Waals surface area (Å²) in [7, 11) is -3.31. The smallest absolute Gasteiger partial charge is 0.354 e. The van der Waals surface area contributed by atoms with Crippen LogP contribution in [0, 0.1) is 0 Å². The maximum Gasteiger partial charge on any atom is 0.354 e. The van der Waals surface area contributed by atoms with Crippen molar-refractivity contribution in [1.82, 2.24) is 4.98 Å². The van der Waals surface area contributed by atoms with Gasteiger partial charge < -0.3 is 9.84 Å². The van der Waals surface area contributed by atoms with Crippen LogP contribution in [-0.2, 0) is 20.3 Å². The fourth-order valence-corrected chi connectivity index (χ4v) is 3.76. The van der Waals surface area contributed by atoms with Crippen molar-refractivity contribution in [2.24, 2.45) is 0 Å². The largest absolute Gasteiger partial charge is 0.477 e. The third-order valence-electron chi connectivity index (χ3n) is 3.05. The fraction of sp³-hybridized carbons (Fsp3) is 0.500. The zero-order valence-electron chi connectivity index (χ0n) is 10.3. The van der Waals surface area contributed by atoms with Crippen LogP contribution in [0.3, 0.4) is 0 Å². The molecule has 2 heterocycles. The molecule has 104 valence electrons. The first-order chi connectivity index (χ1) is 8.99. The fourth-order valence-electron chi connectivity index (χ4n) is 2.04. The molecule has 1 fully saturated rings. The minimum Gasteiger partial charge on any atom is -0.477 e. The van der Waals surface area contributed by atoms with Crippen LogP contribution in [0.1, 0.15) is 29.0 Å². The number of carboxylic acids is 1. The number of aromatic carboxylic acids is 1. The Morgan fingerprint density at radius 3 is 2.68 bits per heavy atom. The molecule has 0 saturated carbocycles. The number of aromatic nitrogens is 1. The summed E-state index contributed by atoms with van der Waals surface area (Å²) >= 11 is 0. The number of carbonyl (C=O) groups is 1. The van der Waals surface area contributed by atoms with E-state index in [1.165, 1.54) is 18.2 Å². The van der Waals surface area contributed by atoms with Crippen LogP contribution in [0.4, 0.5) is 0 Å². The Balaban J connectivity index is 2.15. The van der Waals surface area contributed by atoms with Gasteiger partial charge in [0.15, 0.2) is 9.84 Å². The highest BCUT2D eigenvalue weighted by Gasteiger charge is 2.28. The number of pyridine rings is 1. The van der Waals surface area contributed by atoms with E-state index < -0.39 is 21.1 Å². The molecule has 1 N–H and O–H groups in total. The predicted molar refractivity (Wildman–Crippen MR) is 67.7 cm³/mol. The predicted octanol–water partition coefficient (Wildman–Crippen LogP) is 0.874. The van der Waals surface area contributed by atoms with Gasteiger partial charge in [-0.15, -0.1) is 0 Å². The highest BCUT2D eigenvalue weighted by Crippen LogP contribution is 2.19. The lowest BCUT2D eigenvalue weighted by Crippen LogP contribution is -2.30. The first-order valence-corrected chi connectivity index (χ1v) is 7.69. The molecule has 0 amide bonds. The summed E-state index contributed by atoms with van der Waals surface area (Å²) in [5.41, 5.74) is 0.131. The van der Waals surface area contributed by atoms with E-state index in [0.29, 0.717) is 26.1 Å². The number of ether oxygens (including phenoxy) is 1. The van der Waals surface area contributed by atoms with Crippen molar-refractivity contribution in [1.29, 1.82) is 0 Å². The zero-order valence-corrected chi connectivity index (χ0v) is 11.1. The SMILES string of the molecule is O=C(O)c1cccc(CS(=O)(=O)C2CCOCC2)n1. The molecule has 0 bridgehead atoms. The summed E-state index contributed by atoms with van der Waals surface area (Å²) in [4.78, 5) is 14.6. The summed E-state index contributed by atoms with van der Waals surface area (Å²) in [5.74, 6) is -1.39. The number of nitrogens with zero attached hydrogens (tertiary/aromatic N) is 1.